The highest BCUT2D eigenvalue weighted by molar-refractivity contribution is 8.30. The van der Waals surface area contributed by atoms with Gasteiger partial charge in [0, 0.05) is 37.6 Å². The zero-order chi connectivity index (χ0) is 20.2. The van der Waals surface area contributed by atoms with Gasteiger partial charge in [-0.2, -0.15) is 10.2 Å². The molecule has 26 heavy (non-hydrogen) atoms. The van der Waals surface area contributed by atoms with Crippen LogP contribution in [-0.4, -0.2) is 61.4 Å². The first-order valence-electron chi connectivity index (χ1n) is 10.2. The van der Waals surface area contributed by atoms with Gasteiger partial charge in [0.15, 0.2) is 0 Å². The van der Waals surface area contributed by atoms with Crippen LogP contribution in [0.4, 0.5) is 0 Å². The molecule has 1 N–H and O–H groups in total. The third-order valence-electron chi connectivity index (χ3n) is 3.75. The number of nitrogens with zero attached hydrogens (tertiary/aromatic N) is 3. The summed E-state index contributed by atoms with van der Waals surface area (Å²) in [6.07, 6.45) is 11.3. The van der Waals surface area contributed by atoms with Gasteiger partial charge in [0.2, 0.25) is 0 Å². The monoisotopic (exact) mass is 386 g/mol. The maximum absolute atomic E-state index is 4.73. The highest BCUT2D eigenvalue weighted by Gasteiger charge is 2.10. The summed E-state index contributed by atoms with van der Waals surface area (Å²) in [6.45, 7) is 17.3. The summed E-state index contributed by atoms with van der Waals surface area (Å²) >= 11 is 0. The van der Waals surface area contributed by atoms with Gasteiger partial charge in [0.1, 0.15) is 0 Å². The zero-order valence-electron chi connectivity index (χ0n) is 19.1. The molecule has 0 bridgehead atoms. The molecule has 0 aromatic heterocycles. The van der Waals surface area contributed by atoms with Gasteiger partial charge in [-0.1, -0.05) is 27.7 Å². The predicted molar refractivity (Wildman–Crippen MR) is 124 cm³/mol. The van der Waals surface area contributed by atoms with E-state index in [0.717, 1.165) is 51.9 Å². The van der Waals surface area contributed by atoms with Crippen LogP contribution in [0.3, 0.4) is 0 Å². The first-order chi connectivity index (χ1) is 12.0. The molecule has 0 unspecified atom stereocenters. The van der Waals surface area contributed by atoms with Crippen LogP contribution in [-0.2, 0) is 0 Å². The minimum atomic E-state index is -0.758. The van der Waals surface area contributed by atoms with Gasteiger partial charge in [0.25, 0.3) is 0 Å². The minimum Gasteiger partial charge on any atom is -0.294 e. The molecular formula is C21H46N4S. The fourth-order valence-electron chi connectivity index (χ4n) is 2.96. The predicted octanol–water partition coefficient (Wildman–Crippen LogP) is 5.20. The van der Waals surface area contributed by atoms with Crippen molar-refractivity contribution in [1.29, 1.82) is 0 Å². The van der Waals surface area contributed by atoms with E-state index in [1.54, 1.807) is 0 Å². The molecular weight excluding hydrogens is 340 g/mol. The number of aliphatic imine (C=N–C) groups is 2. The largest absolute Gasteiger partial charge is 0.294 e. The smallest absolute Gasteiger partial charge is 0.0401 e. The van der Waals surface area contributed by atoms with Gasteiger partial charge in [-0.15, -0.1) is 0 Å². The van der Waals surface area contributed by atoms with E-state index in [9.17, 15) is 0 Å². The first-order valence-corrected chi connectivity index (χ1v) is 13.1. The summed E-state index contributed by atoms with van der Waals surface area (Å²) in [5, 5.41) is 2.40. The Bertz CT molecular complexity index is 390. The van der Waals surface area contributed by atoms with Crippen LogP contribution in [0.15, 0.2) is 9.98 Å². The molecule has 0 heterocycles. The van der Waals surface area contributed by atoms with E-state index in [0.29, 0.717) is 11.8 Å². The number of rotatable bonds is 14. The van der Waals surface area contributed by atoms with Crippen molar-refractivity contribution in [3.8, 4) is 0 Å². The molecule has 0 aromatic carbocycles. The van der Waals surface area contributed by atoms with Crippen LogP contribution in [0.1, 0.15) is 67.2 Å². The average Bonchev–Trinajstić information content (AvgIpc) is 2.44. The molecule has 0 aliphatic rings. The SMILES string of the molecule is C/C(CC(C)C)=N/CCCN(CCC/N=C(\C)CC(C)C)NS(C)(C)C. The molecule has 0 radical (unpaired) electrons. The third kappa shape index (κ3) is 17.0. The van der Waals surface area contributed by atoms with Gasteiger partial charge in [0.05, 0.1) is 0 Å². The fraction of sp³-hybridized carbons (Fsp3) is 0.905. The van der Waals surface area contributed by atoms with Crippen molar-refractivity contribution in [3.63, 3.8) is 0 Å². The van der Waals surface area contributed by atoms with Crippen LogP contribution in [0.25, 0.3) is 0 Å². The van der Waals surface area contributed by atoms with Gasteiger partial charge in [-0.25, -0.2) is 9.84 Å². The average molecular weight is 387 g/mol. The second-order valence-electron chi connectivity index (χ2n) is 9.05. The Morgan fingerprint density at radius 1 is 0.808 bits per heavy atom. The van der Waals surface area contributed by atoms with Gasteiger partial charge < -0.3 is 0 Å². The molecule has 0 spiro atoms. The van der Waals surface area contributed by atoms with E-state index in [2.05, 4.69) is 70.1 Å². The molecule has 0 saturated carbocycles. The van der Waals surface area contributed by atoms with E-state index in [-0.39, 0.29) is 0 Å². The summed E-state index contributed by atoms with van der Waals surface area (Å²) in [5.41, 5.74) is 2.58. The molecule has 0 aliphatic heterocycles. The highest BCUT2D eigenvalue weighted by Crippen LogP contribution is 2.29. The molecule has 4 nitrogen and oxygen atoms in total. The molecule has 0 rings (SSSR count). The number of nitrogens with one attached hydrogen (secondary N) is 1. The van der Waals surface area contributed by atoms with E-state index >= 15 is 0 Å². The highest BCUT2D eigenvalue weighted by atomic mass is 32.3. The summed E-state index contributed by atoms with van der Waals surface area (Å²) in [5.74, 6) is 1.39. The fourth-order valence-corrected chi connectivity index (χ4v) is 3.92. The van der Waals surface area contributed by atoms with E-state index in [4.69, 9.17) is 9.98 Å². The lowest BCUT2D eigenvalue weighted by Gasteiger charge is -2.35. The number of hydrazine groups is 1. The Kier molecular flexibility index (Phi) is 13.5. The number of hydrogen-bond donors (Lipinski definition) is 1. The second-order valence-corrected chi connectivity index (χ2v) is 12.9. The van der Waals surface area contributed by atoms with Gasteiger partial charge in [-0.05, 0) is 70.1 Å². The Balaban J connectivity index is 4.32. The standard InChI is InChI=1S/C21H46N4S/c1-18(2)16-20(5)22-12-10-14-25(24-26(7,8)9)15-11-13-23-21(6)17-19(3)4/h18-19,24H,10-17H2,1-9H3/b22-20-,23-21+. The summed E-state index contributed by atoms with van der Waals surface area (Å²) in [6, 6.07) is 0. The minimum absolute atomic E-state index is 0.695. The molecule has 0 atom stereocenters. The summed E-state index contributed by atoms with van der Waals surface area (Å²) in [4.78, 5) is 13.2. The normalized spacial score (nSPS) is 14.8. The Hall–Kier alpha value is -0.390. The Labute approximate surface area is 165 Å². The van der Waals surface area contributed by atoms with E-state index in [1.165, 1.54) is 11.4 Å². The molecule has 0 fully saturated rings. The molecule has 156 valence electrons. The van der Waals surface area contributed by atoms with Crippen LogP contribution >= 0.6 is 10.2 Å². The lowest BCUT2D eigenvalue weighted by Crippen LogP contribution is -2.40. The van der Waals surface area contributed by atoms with Crippen LogP contribution in [0.2, 0.25) is 0 Å². The number of hydrogen-bond acceptors (Lipinski definition) is 4. The zero-order valence-corrected chi connectivity index (χ0v) is 19.9. The maximum atomic E-state index is 4.73. The molecule has 5 heteroatoms. The quantitative estimate of drug-likeness (QED) is 0.253. The third-order valence-corrected chi connectivity index (χ3v) is 4.55. The van der Waals surface area contributed by atoms with Crippen LogP contribution in [0.5, 0.6) is 0 Å². The van der Waals surface area contributed by atoms with Crippen molar-refractivity contribution < 1.29 is 0 Å². The lowest BCUT2D eigenvalue weighted by atomic mass is 10.1. The molecule has 0 aliphatic carbocycles. The Morgan fingerprint density at radius 2 is 1.19 bits per heavy atom. The first kappa shape index (κ1) is 25.6. The van der Waals surface area contributed by atoms with Crippen molar-refractivity contribution in [2.24, 2.45) is 21.8 Å². The lowest BCUT2D eigenvalue weighted by molar-refractivity contribution is 0.245. The van der Waals surface area contributed by atoms with Crippen LogP contribution in [0, 0.1) is 11.8 Å². The van der Waals surface area contributed by atoms with Crippen molar-refractivity contribution in [3.05, 3.63) is 0 Å². The van der Waals surface area contributed by atoms with E-state index < -0.39 is 10.2 Å². The van der Waals surface area contributed by atoms with Gasteiger partial charge in [-0.3, -0.25) is 9.98 Å². The van der Waals surface area contributed by atoms with Crippen molar-refractivity contribution in [1.82, 2.24) is 9.84 Å². The topological polar surface area (TPSA) is 40.0 Å². The molecule has 0 aromatic rings. The van der Waals surface area contributed by atoms with Gasteiger partial charge >= 0.3 is 0 Å². The Morgan fingerprint density at radius 3 is 1.50 bits per heavy atom. The molecule has 0 amide bonds. The van der Waals surface area contributed by atoms with Crippen molar-refractivity contribution in [2.75, 3.05) is 44.9 Å². The molecule has 0 saturated heterocycles. The van der Waals surface area contributed by atoms with Crippen LogP contribution < -0.4 is 4.83 Å². The van der Waals surface area contributed by atoms with Crippen molar-refractivity contribution in [2.45, 2.75) is 67.2 Å². The summed E-state index contributed by atoms with van der Waals surface area (Å²) < 4.78 is 0. The maximum Gasteiger partial charge on any atom is 0.0401 e. The summed E-state index contributed by atoms with van der Waals surface area (Å²) in [7, 11) is -0.758. The van der Waals surface area contributed by atoms with Crippen molar-refractivity contribution >= 4 is 21.6 Å². The van der Waals surface area contributed by atoms with E-state index in [1.807, 2.05) is 0 Å². The second kappa shape index (κ2) is 13.7.